The second-order valence-electron chi connectivity index (χ2n) is 7.70. The van der Waals surface area contributed by atoms with Crippen LogP contribution in [0.1, 0.15) is 41.1 Å². The van der Waals surface area contributed by atoms with E-state index < -0.39 is 11.9 Å². The summed E-state index contributed by atoms with van der Waals surface area (Å²) in [6, 6.07) is 10.0. The normalized spacial score (nSPS) is 11.5. The van der Waals surface area contributed by atoms with Gasteiger partial charge in [0.2, 0.25) is 5.91 Å². The first kappa shape index (κ1) is 23.3. The van der Waals surface area contributed by atoms with Gasteiger partial charge in [0.25, 0.3) is 11.5 Å². The van der Waals surface area contributed by atoms with E-state index in [4.69, 9.17) is 5.73 Å². The molecule has 0 saturated carbocycles. The lowest BCUT2D eigenvalue weighted by atomic mass is 10.0. The van der Waals surface area contributed by atoms with Gasteiger partial charge in [-0.05, 0) is 42.7 Å². The van der Waals surface area contributed by atoms with Gasteiger partial charge in [-0.3, -0.25) is 14.4 Å². The summed E-state index contributed by atoms with van der Waals surface area (Å²) in [6.07, 6.45) is 3.16. The molecule has 5 N–H and O–H groups in total. The lowest BCUT2D eigenvalue weighted by Crippen LogP contribution is -2.30. The van der Waals surface area contributed by atoms with E-state index in [1.807, 2.05) is 12.1 Å². The molecule has 0 aliphatic heterocycles. The fraction of sp³-hybridized carbons (Fsp3) is 0.160. The summed E-state index contributed by atoms with van der Waals surface area (Å²) in [5, 5.41) is 10.8. The van der Waals surface area contributed by atoms with Gasteiger partial charge in [0.05, 0.1) is 11.4 Å². The molecule has 10 heteroatoms. The highest BCUT2D eigenvalue weighted by atomic mass is 16.2. The number of nitrogens with one attached hydrogen (secondary N) is 3. The van der Waals surface area contributed by atoms with Crippen LogP contribution in [0.15, 0.2) is 60.0 Å². The molecule has 0 radical (unpaired) electrons. The van der Waals surface area contributed by atoms with Crippen LogP contribution in [0.4, 0.5) is 5.82 Å². The SMILES string of the molecule is C=CC(=O)NCCC#Cc1cccc2cc([C@H](C)NC(=O)c3c(N)nc4cccnn34)[nH]c(=O)c12. The minimum Gasteiger partial charge on any atom is -0.382 e. The molecular weight excluding hydrogens is 446 g/mol. The number of benzene rings is 1. The zero-order valence-electron chi connectivity index (χ0n) is 19.0. The third-order valence-electron chi connectivity index (χ3n) is 5.30. The minimum absolute atomic E-state index is 0.0627. The van der Waals surface area contributed by atoms with Crippen molar-refractivity contribution in [3.05, 3.63) is 82.6 Å². The molecular formula is C25H23N7O3. The van der Waals surface area contributed by atoms with Crippen molar-refractivity contribution in [2.24, 2.45) is 0 Å². The highest BCUT2D eigenvalue weighted by Gasteiger charge is 2.21. The van der Waals surface area contributed by atoms with E-state index in [0.717, 1.165) is 0 Å². The quantitative estimate of drug-likeness (QED) is 0.192. The van der Waals surface area contributed by atoms with Gasteiger partial charge in [0.15, 0.2) is 17.2 Å². The standard InChI is InChI=1S/C25H23N7O3/c1-3-20(33)27-12-5-4-8-16-9-6-10-17-14-18(30-24(34)21(16)17)15(2)29-25(35)22-23(26)31-19-11-7-13-28-32(19)22/h3,6-7,9-11,13-15H,1,5,12,26H2,2H3,(H,27,33)(H,29,35)(H,30,34)/t15-/m0/s1. The fourth-order valence-electron chi connectivity index (χ4n) is 3.62. The zero-order chi connectivity index (χ0) is 24.9. The number of nitrogens with zero attached hydrogens (tertiary/aromatic N) is 3. The van der Waals surface area contributed by atoms with Gasteiger partial charge < -0.3 is 21.4 Å². The van der Waals surface area contributed by atoms with Gasteiger partial charge >= 0.3 is 0 Å². The summed E-state index contributed by atoms with van der Waals surface area (Å²) >= 11 is 0. The van der Waals surface area contributed by atoms with Crippen LogP contribution in [0.25, 0.3) is 16.4 Å². The Balaban J connectivity index is 1.56. The summed E-state index contributed by atoms with van der Waals surface area (Å²) in [6.45, 7) is 5.53. The number of nitrogens with two attached hydrogens (primary N) is 1. The van der Waals surface area contributed by atoms with Crippen LogP contribution in [0.2, 0.25) is 0 Å². The Morgan fingerprint density at radius 2 is 2.14 bits per heavy atom. The summed E-state index contributed by atoms with van der Waals surface area (Å²) in [7, 11) is 0. The van der Waals surface area contributed by atoms with Gasteiger partial charge in [0.1, 0.15) is 0 Å². The van der Waals surface area contributed by atoms with Crippen LogP contribution in [0.5, 0.6) is 0 Å². The van der Waals surface area contributed by atoms with Crippen molar-refractivity contribution in [3.8, 4) is 11.8 Å². The van der Waals surface area contributed by atoms with Crippen molar-refractivity contribution < 1.29 is 9.59 Å². The number of rotatable bonds is 6. The molecule has 0 bridgehead atoms. The average molecular weight is 470 g/mol. The topological polar surface area (TPSA) is 147 Å². The Morgan fingerprint density at radius 1 is 1.31 bits per heavy atom. The Kier molecular flexibility index (Phi) is 6.59. The lowest BCUT2D eigenvalue weighted by Gasteiger charge is -2.15. The van der Waals surface area contributed by atoms with Crippen LogP contribution in [0.3, 0.4) is 0 Å². The van der Waals surface area contributed by atoms with Crippen molar-refractivity contribution in [1.82, 2.24) is 30.2 Å². The largest absolute Gasteiger partial charge is 0.382 e. The van der Waals surface area contributed by atoms with Crippen LogP contribution < -0.4 is 21.9 Å². The summed E-state index contributed by atoms with van der Waals surface area (Å²) in [4.78, 5) is 44.1. The number of amides is 2. The zero-order valence-corrected chi connectivity index (χ0v) is 19.0. The molecule has 0 fully saturated rings. The monoisotopic (exact) mass is 469 g/mol. The van der Waals surface area contributed by atoms with Gasteiger partial charge in [-0.2, -0.15) is 5.10 Å². The Morgan fingerprint density at radius 3 is 2.94 bits per heavy atom. The van der Waals surface area contributed by atoms with Gasteiger partial charge in [0, 0.05) is 30.4 Å². The van der Waals surface area contributed by atoms with Crippen LogP contribution in [-0.4, -0.2) is 37.9 Å². The highest BCUT2D eigenvalue weighted by Crippen LogP contribution is 2.19. The maximum absolute atomic E-state index is 12.9. The molecule has 4 aromatic rings. The van der Waals surface area contributed by atoms with E-state index in [0.29, 0.717) is 40.6 Å². The maximum Gasteiger partial charge on any atom is 0.274 e. The molecule has 35 heavy (non-hydrogen) atoms. The smallest absolute Gasteiger partial charge is 0.274 e. The molecule has 0 saturated heterocycles. The first-order valence-electron chi connectivity index (χ1n) is 10.8. The molecule has 0 aliphatic carbocycles. The molecule has 4 rings (SSSR count). The molecule has 3 aromatic heterocycles. The second-order valence-corrected chi connectivity index (χ2v) is 7.70. The fourth-order valence-corrected chi connectivity index (χ4v) is 3.62. The first-order chi connectivity index (χ1) is 16.9. The molecule has 3 heterocycles. The number of carbonyl (C=O) groups is 2. The Bertz CT molecular complexity index is 1570. The number of pyridine rings is 1. The molecule has 0 aliphatic rings. The number of fused-ring (bicyclic) bond motifs is 2. The predicted molar refractivity (Wildman–Crippen MR) is 133 cm³/mol. The highest BCUT2D eigenvalue weighted by molar-refractivity contribution is 5.98. The number of imidazole rings is 1. The number of hydrogen-bond donors (Lipinski definition) is 4. The van der Waals surface area contributed by atoms with E-state index in [9.17, 15) is 14.4 Å². The lowest BCUT2D eigenvalue weighted by molar-refractivity contribution is -0.116. The maximum atomic E-state index is 12.9. The van der Waals surface area contributed by atoms with Crippen LogP contribution in [-0.2, 0) is 4.79 Å². The van der Waals surface area contributed by atoms with Crippen molar-refractivity contribution in [1.29, 1.82) is 0 Å². The molecule has 176 valence electrons. The molecule has 2 amide bonds. The third kappa shape index (κ3) is 4.89. The van der Waals surface area contributed by atoms with Crippen molar-refractivity contribution >= 4 is 34.1 Å². The number of aromatic nitrogens is 4. The van der Waals surface area contributed by atoms with E-state index in [1.165, 1.54) is 16.8 Å². The second kappa shape index (κ2) is 9.93. The summed E-state index contributed by atoms with van der Waals surface area (Å²) in [5.74, 6) is 5.29. The molecule has 0 spiro atoms. The Hall–Kier alpha value is -4.91. The third-order valence-corrected chi connectivity index (χ3v) is 5.30. The average Bonchev–Trinajstić information content (AvgIpc) is 3.19. The van der Waals surface area contributed by atoms with E-state index in [1.54, 1.807) is 31.2 Å². The number of H-pyrrole nitrogens is 1. The van der Waals surface area contributed by atoms with Crippen molar-refractivity contribution in [2.45, 2.75) is 19.4 Å². The number of aromatic amines is 1. The Labute approximate surface area is 200 Å². The van der Waals surface area contributed by atoms with Crippen LogP contribution in [0, 0.1) is 11.8 Å². The van der Waals surface area contributed by atoms with E-state index in [2.05, 4.69) is 44.1 Å². The first-order valence-corrected chi connectivity index (χ1v) is 10.8. The number of hydrogen-bond acceptors (Lipinski definition) is 6. The molecule has 1 aromatic carbocycles. The minimum atomic E-state index is -0.531. The molecule has 10 nitrogen and oxygen atoms in total. The number of nitrogen functional groups attached to an aromatic ring is 1. The van der Waals surface area contributed by atoms with Crippen molar-refractivity contribution in [3.63, 3.8) is 0 Å². The molecule has 1 atom stereocenters. The number of carbonyl (C=O) groups excluding carboxylic acids is 2. The van der Waals surface area contributed by atoms with E-state index >= 15 is 0 Å². The van der Waals surface area contributed by atoms with E-state index in [-0.39, 0.29) is 23.0 Å². The van der Waals surface area contributed by atoms with Crippen LogP contribution >= 0.6 is 0 Å². The van der Waals surface area contributed by atoms with Gasteiger partial charge in [-0.15, -0.1) is 0 Å². The van der Waals surface area contributed by atoms with Crippen molar-refractivity contribution in [2.75, 3.05) is 12.3 Å². The predicted octanol–water partition coefficient (Wildman–Crippen LogP) is 1.69. The molecule has 0 unspecified atom stereocenters. The number of anilines is 1. The van der Waals surface area contributed by atoms with Gasteiger partial charge in [-0.1, -0.05) is 30.6 Å². The van der Waals surface area contributed by atoms with Gasteiger partial charge in [-0.25, -0.2) is 9.50 Å². The summed E-state index contributed by atoms with van der Waals surface area (Å²) in [5.41, 5.74) is 7.29. The summed E-state index contributed by atoms with van der Waals surface area (Å²) < 4.78 is 1.37.